The van der Waals surface area contributed by atoms with Crippen molar-refractivity contribution >= 4 is 16.7 Å². The molecule has 1 aromatic heterocycles. The molecule has 21 heavy (non-hydrogen) atoms. The number of hydrogen-bond acceptors (Lipinski definition) is 3. The summed E-state index contributed by atoms with van der Waals surface area (Å²) in [5.41, 5.74) is 8.79. The third kappa shape index (κ3) is 2.53. The van der Waals surface area contributed by atoms with Gasteiger partial charge in [-0.25, -0.2) is 4.98 Å². The van der Waals surface area contributed by atoms with Crippen molar-refractivity contribution in [3.8, 4) is 0 Å². The third-order valence-electron chi connectivity index (χ3n) is 4.29. The zero-order chi connectivity index (χ0) is 15.2. The van der Waals surface area contributed by atoms with Gasteiger partial charge in [0.1, 0.15) is 5.82 Å². The minimum Gasteiger partial charge on any atom is -0.399 e. The van der Waals surface area contributed by atoms with Crippen molar-refractivity contribution in [2.75, 3.05) is 12.3 Å². The van der Waals surface area contributed by atoms with Crippen LogP contribution in [0.15, 0.2) is 18.2 Å². The fraction of sp³-hybridized carbons (Fsp3) is 0.588. The molecule has 0 aliphatic carbocycles. The Morgan fingerprint density at radius 2 is 2.14 bits per heavy atom. The lowest BCUT2D eigenvalue weighted by molar-refractivity contribution is 0.0727. The van der Waals surface area contributed by atoms with E-state index in [1.165, 1.54) is 0 Å². The standard InChI is InChI=1S/C17H25N3O/c1-11(15-6-5-9-21-15)20-14-8-7-12(18)10-13(14)19-16(20)17(2,3)4/h7-8,10-11,15H,5-6,9,18H2,1-4H3. The van der Waals surface area contributed by atoms with Crippen molar-refractivity contribution in [2.24, 2.45) is 0 Å². The van der Waals surface area contributed by atoms with Crippen LogP contribution in [0.2, 0.25) is 0 Å². The van der Waals surface area contributed by atoms with Crippen LogP contribution in [-0.4, -0.2) is 22.3 Å². The number of imidazole rings is 1. The predicted molar refractivity (Wildman–Crippen MR) is 86.5 cm³/mol. The van der Waals surface area contributed by atoms with Gasteiger partial charge in [-0.1, -0.05) is 20.8 Å². The Kier molecular flexibility index (Phi) is 3.44. The molecular weight excluding hydrogens is 262 g/mol. The first kappa shape index (κ1) is 14.4. The molecule has 1 fully saturated rings. The fourth-order valence-electron chi connectivity index (χ4n) is 3.21. The first-order valence-electron chi connectivity index (χ1n) is 7.77. The molecule has 2 N–H and O–H groups in total. The summed E-state index contributed by atoms with van der Waals surface area (Å²) in [4.78, 5) is 4.86. The van der Waals surface area contributed by atoms with Gasteiger partial charge in [-0.15, -0.1) is 0 Å². The molecule has 1 aliphatic rings. The zero-order valence-corrected chi connectivity index (χ0v) is 13.4. The molecule has 2 unspecified atom stereocenters. The van der Waals surface area contributed by atoms with Crippen LogP contribution in [-0.2, 0) is 10.2 Å². The molecule has 0 spiro atoms. The highest BCUT2D eigenvalue weighted by atomic mass is 16.5. The van der Waals surface area contributed by atoms with Crippen molar-refractivity contribution in [1.29, 1.82) is 0 Å². The van der Waals surface area contributed by atoms with Gasteiger partial charge >= 0.3 is 0 Å². The van der Waals surface area contributed by atoms with Crippen molar-refractivity contribution in [2.45, 2.75) is 58.1 Å². The number of aromatic nitrogens is 2. The first-order chi connectivity index (χ1) is 9.88. The molecule has 4 heteroatoms. The SMILES string of the molecule is CC(C1CCCO1)n1c(C(C)(C)C)nc2cc(N)ccc21. The Hall–Kier alpha value is -1.55. The summed E-state index contributed by atoms with van der Waals surface area (Å²) in [6.45, 7) is 9.73. The van der Waals surface area contributed by atoms with Gasteiger partial charge < -0.3 is 15.0 Å². The molecule has 0 amide bonds. The average Bonchev–Trinajstić information content (AvgIpc) is 3.03. The van der Waals surface area contributed by atoms with E-state index in [0.29, 0.717) is 0 Å². The molecule has 114 valence electrons. The second-order valence-corrected chi connectivity index (χ2v) is 7.10. The van der Waals surface area contributed by atoms with Gasteiger partial charge in [-0.3, -0.25) is 0 Å². The second-order valence-electron chi connectivity index (χ2n) is 7.10. The molecule has 2 aromatic rings. The highest BCUT2D eigenvalue weighted by molar-refractivity contribution is 5.80. The molecule has 4 nitrogen and oxygen atoms in total. The third-order valence-corrected chi connectivity index (χ3v) is 4.29. The molecule has 0 bridgehead atoms. The number of fused-ring (bicyclic) bond motifs is 1. The first-order valence-corrected chi connectivity index (χ1v) is 7.77. The Bertz CT molecular complexity index is 648. The minimum atomic E-state index is -0.0132. The summed E-state index contributed by atoms with van der Waals surface area (Å²) in [6, 6.07) is 6.28. The molecule has 3 rings (SSSR count). The Morgan fingerprint density at radius 3 is 2.76 bits per heavy atom. The van der Waals surface area contributed by atoms with Gasteiger partial charge in [0, 0.05) is 17.7 Å². The van der Waals surface area contributed by atoms with Gasteiger partial charge in [0.2, 0.25) is 0 Å². The number of benzene rings is 1. The summed E-state index contributed by atoms with van der Waals surface area (Å²) >= 11 is 0. The number of nitrogen functional groups attached to an aromatic ring is 1. The quantitative estimate of drug-likeness (QED) is 0.858. The zero-order valence-electron chi connectivity index (χ0n) is 13.4. The van der Waals surface area contributed by atoms with Crippen LogP contribution in [0, 0.1) is 0 Å². The van der Waals surface area contributed by atoms with E-state index in [2.05, 4.69) is 38.3 Å². The largest absolute Gasteiger partial charge is 0.399 e. The fourth-order valence-corrected chi connectivity index (χ4v) is 3.21. The molecule has 1 saturated heterocycles. The molecule has 2 heterocycles. The monoisotopic (exact) mass is 287 g/mol. The number of nitrogens with zero attached hydrogens (tertiary/aromatic N) is 2. The topological polar surface area (TPSA) is 53.1 Å². The smallest absolute Gasteiger partial charge is 0.115 e. The number of anilines is 1. The summed E-state index contributed by atoms with van der Waals surface area (Å²) in [6.07, 6.45) is 2.56. The Morgan fingerprint density at radius 1 is 1.38 bits per heavy atom. The number of rotatable bonds is 2. The van der Waals surface area contributed by atoms with Gasteiger partial charge in [-0.05, 0) is 38.0 Å². The van der Waals surface area contributed by atoms with Gasteiger partial charge in [0.25, 0.3) is 0 Å². The van der Waals surface area contributed by atoms with E-state index in [4.69, 9.17) is 15.5 Å². The van der Waals surface area contributed by atoms with Crippen molar-refractivity contribution in [3.05, 3.63) is 24.0 Å². The van der Waals surface area contributed by atoms with Crippen LogP contribution in [0.1, 0.15) is 52.4 Å². The van der Waals surface area contributed by atoms with Gasteiger partial charge in [-0.2, -0.15) is 0 Å². The van der Waals surface area contributed by atoms with E-state index in [1.807, 2.05) is 12.1 Å². The minimum absolute atomic E-state index is 0.0132. The van der Waals surface area contributed by atoms with Crippen LogP contribution < -0.4 is 5.73 Å². The van der Waals surface area contributed by atoms with Crippen molar-refractivity contribution in [3.63, 3.8) is 0 Å². The van der Waals surface area contributed by atoms with Crippen LogP contribution in [0.4, 0.5) is 5.69 Å². The number of nitrogens with two attached hydrogens (primary N) is 1. The number of ether oxygens (including phenoxy) is 1. The molecule has 0 radical (unpaired) electrons. The van der Waals surface area contributed by atoms with Crippen molar-refractivity contribution < 1.29 is 4.74 Å². The Balaban J connectivity index is 2.17. The molecule has 1 aliphatic heterocycles. The maximum absolute atomic E-state index is 5.92. The van der Waals surface area contributed by atoms with Gasteiger partial charge in [0.05, 0.1) is 23.2 Å². The van der Waals surface area contributed by atoms with E-state index >= 15 is 0 Å². The van der Waals surface area contributed by atoms with Crippen LogP contribution in [0.5, 0.6) is 0 Å². The highest BCUT2D eigenvalue weighted by Gasteiger charge is 2.30. The Labute approximate surface area is 126 Å². The lowest BCUT2D eigenvalue weighted by atomic mass is 9.95. The molecule has 0 saturated carbocycles. The van der Waals surface area contributed by atoms with E-state index in [-0.39, 0.29) is 17.6 Å². The normalized spacial score (nSPS) is 21.0. The predicted octanol–water partition coefficient (Wildman–Crippen LogP) is 3.66. The average molecular weight is 287 g/mol. The van der Waals surface area contributed by atoms with Crippen LogP contribution in [0.25, 0.3) is 11.0 Å². The lowest BCUT2D eigenvalue weighted by Gasteiger charge is -2.27. The van der Waals surface area contributed by atoms with Crippen LogP contribution in [0.3, 0.4) is 0 Å². The molecule has 2 atom stereocenters. The second kappa shape index (κ2) is 5.02. The highest BCUT2D eigenvalue weighted by Crippen LogP contribution is 2.34. The van der Waals surface area contributed by atoms with Gasteiger partial charge in [0.15, 0.2) is 0 Å². The molecule has 1 aromatic carbocycles. The number of hydrogen-bond donors (Lipinski definition) is 1. The summed E-state index contributed by atoms with van der Waals surface area (Å²) < 4.78 is 8.26. The van der Waals surface area contributed by atoms with Crippen molar-refractivity contribution in [1.82, 2.24) is 9.55 Å². The van der Waals surface area contributed by atoms with E-state index in [0.717, 1.165) is 42.0 Å². The van der Waals surface area contributed by atoms with E-state index < -0.39 is 0 Å². The van der Waals surface area contributed by atoms with Crippen LogP contribution >= 0.6 is 0 Å². The van der Waals surface area contributed by atoms with E-state index in [9.17, 15) is 0 Å². The summed E-state index contributed by atoms with van der Waals surface area (Å²) in [5.74, 6) is 1.10. The summed E-state index contributed by atoms with van der Waals surface area (Å²) in [7, 11) is 0. The maximum atomic E-state index is 5.92. The lowest BCUT2D eigenvalue weighted by Crippen LogP contribution is -2.27. The van der Waals surface area contributed by atoms with E-state index in [1.54, 1.807) is 0 Å². The molecular formula is C17H25N3O. The summed E-state index contributed by atoms with van der Waals surface area (Å²) in [5, 5.41) is 0. The maximum Gasteiger partial charge on any atom is 0.115 e.